The van der Waals surface area contributed by atoms with Gasteiger partial charge in [-0.15, -0.1) is 0 Å². The third-order valence-corrected chi connectivity index (χ3v) is 1.46. The van der Waals surface area contributed by atoms with Crippen molar-refractivity contribution in [2.45, 2.75) is 31.4 Å². The van der Waals surface area contributed by atoms with Gasteiger partial charge < -0.3 is 20.7 Å². The summed E-state index contributed by atoms with van der Waals surface area (Å²) >= 11 is 0. The lowest BCUT2D eigenvalue weighted by Crippen LogP contribution is -2.40. The first-order chi connectivity index (χ1) is 5.02. The number of carbonyl (C=O) groups is 1. The molecule has 2 atom stereocenters. The molecule has 4 heteroatoms. The van der Waals surface area contributed by atoms with Crippen LogP contribution in [0.15, 0.2) is 0 Å². The lowest BCUT2D eigenvalue weighted by molar-refractivity contribution is -0.109. The summed E-state index contributed by atoms with van der Waals surface area (Å²) in [5, 5.41) is 17.4. The number of carbonyl (C=O) groups excluding carboxylic acids is 1. The van der Waals surface area contributed by atoms with Crippen LogP contribution in [0.5, 0.6) is 0 Å². The van der Waals surface area contributed by atoms with Crippen LogP contribution >= 0.6 is 0 Å². The highest BCUT2D eigenvalue weighted by Crippen LogP contribution is 2.11. The van der Waals surface area contributed by atoms with Gasteiger partial charge in [0, 0.05) is 12.0 Å². The summed E-state index contributed by atoms with van der Waals surface area (Å²) in [4.78, 5) is 10.1. The van der Waals surface area contributed by atoms with Crippen molar-refractivity contribution in [2.75, 3.05) is 6.61 Å². The second-order valence-corrected chi connectivity index (χ2v) is 3.07. The van der Waals surface area contributed by atoms with E-state index in [0.29, 0.717) is 6.29 Å². The van der Waals surface area contributed by atoms with Gasteiger partial charge in [-0.2, -0.15) is 0 Å². The van der Waals surface area contributed by atoms with E-state index in [2.05, 4.69) is 0 Å². The van der Waals surface area contributed by atoms with Gasteiger partial charge in [0.1, 0.15) is 6.29 Å². The molecule has 66 valence electrons. The van der Waals surface area contributed by atoms with E-state index >= 15 is 0 Å². The van der Waals surface area contributed by atoms with Crippen molar-refractivity contribution in [1.29, 1.82) is 0 Å². The van der Waals surface area contributed by atoms with Crippen LogP contribution < -0.4 is 5.73 Å². The Kier molecular flexibility index (Phi) is 4.25. The molecule has 4 nitrogen and oxygen atoms in total. The van der Waals surface area contributed by atoms with Crippen molar-refractivity contribution in [1.82, 2.24) is 0 Å². The number of hydrogen-bond acceptors (Lipinski definition) is 4. The van der Waals surface area contributed by atoms with Crippen LogP contribution in [-0.2, 0) is 4.79 Å². The Hall–Kier alpha value is -0.450. The molecule has 0 aliphatic heterocycles. The Morgan fingerprint density at radius 1 is 1.73 bits per heavy atom. The summed E-state index contributed by atoms with van der Waals surface area (Å²) < 4.78 is 0. The van der Waals surface area contributed by atoms with Gasteiger partial charge >= 0.3 is 0 Å². The van der Waals surface area contributed by atoms with Crippen molar-refractivity contribution in [3.05, 3.63) is 0 Å². The van der Waals surface area contributed by atoms with Crippen LogP contribution in [0.2, 0.25) is 0 Å². The van der Waals surface area contributed by atoms with Gasteiger partial charge in [0.25, 0.3) is 0 Å². The fourth-order valence-corrected chi connectivity index (χ4v) is 0.877. The minimum Gasteiger partial charge on any atom is -0.394 e. The number of hydrogen-bond donors (Lipinski definition) is 3. The highest BCUT2D eigenvalue weighted by molar-refractivity contribution is 5.51. The maximum atomic E-state index is 10.1. The molecule has 0 aliphatic carbocycles. The zero-order valence-corrected chi connectivity index (χ0v) is 6.66. The van der Waals surface area contributed by atoms with Crippen molar-refractivity contribution < 1.29 is 15.0 Å². The van der Waals surface area contributed by atoms with Crippen molar-refractivity contribution in [2.24, 2.45) is 5.73 Å². The normalized spacial score (nSPS) is 18.9. The maximum absolute atomic E-state index is 10.1. The molecular weight excluding hydrogens is 146 g/mol. The number of rotatable bonds is 5. The molecule has 4 N–H and O–H groups in total. The van der Waals surface area contributed by atoms with Gasteiger partial charge in [0.2, 0.25) is 0 Å². The summed E-state index contributed by atoms with van der Waals surface area (Å²) in [6.07, 6.45) is 0.320. The van der Waals surface area contributed by atoms with E-state index in [1.807, 2.05) is 0 Å². The first kappa shape index (κ1) is 10.6. The van der Waals surface area contributed by atoms with E-state index in [1.54, 1.807) is 6.92 Å². The second kappa shape index (κ2) is 4.43. The molecule has 0 spiro atoms. The summed E-state index contributed by atoms with van der Waals surface area (Å²) in [7, 11) is 0. The fourth-order valence-electron chi connectivity index (χ4n) is 0.877. The third kappa shape index (κ3) is 4.89. The van der Waals surface area contributed by atoms with E-state index in [1.165, 1.54) is 0 Å². The first-order valence-electron chi connectivity index (χ1n) is 3.53. The summed E-state index contributed by atoms with van der Waals surface area (Å²) in [5.41, 5.74) is 4.90. The minimum atomic E-state index is -0.829. The van der Waals surface area contributed by atoms with Crippen LogP contribution in [-0.4, -0.2) is 34.7 Å². The molecule has 0 saturated heterocycles. The molecule has 0 saturated carbocycles. The van der Waals surface area contributed by atoms with Crippen molar-refractivity contribution in [3.63, 3.8) is 0 Å². The van der Waals surface area contributed by atoms with Crippen molar-refractivity contribution >= 4 is 6.29 Å². The van der Waals surface area contributed by atoms with Gasteiger partial charge in [-0.3, -0.25) is 0 Å². The standard InChI is InChI=1S/C7H15NO3/c1-7(8,2-3-9)4-6(11)5-10/h3,6,10-11H,2,4-5,8H2,1H3. The highest BCUT2D eigenvalue weighted by Gasteiger charge is 2.21. The molecule has 0 aromatic carbocycles. The number of aldehydes is 1. The van der Waals surface area contributed by atoms with Crippen LogP contribution in [0.3, 0.4) is 0 Å². The molecule has 0 aromatic rings. The lowest BCUT2D eigenvalue weighted by atomic mass is 9.93. The van der Waals surface area contributed by atoms with Gasteiger partial charge in [-0.25, -0.2) is 0 Å². The predicted octanol–water partition coefficient (Wildman–Crippen LogP) is -0.964. The van der Waals surface area contributed by atoms with Gasteiger partial charge in [0.05, 0.1) is 12.7 Å². The average Bonchev–Trinajstić information content (AvgIpc) is 1.86. The van der Waals surface area contributed by atoms with E-state index in [4.69, 9.17) is 15.9 Å². The van der Waals surface area contributed by atoms with Gasteiger partial charge in [0.15, 0.2) is 0 Å². The zero-order valence-electron chi connectivity index (χ0n) is 6.66. The van der Waals surface area contributed by atoms with Gasteiger partial charge in [-0.1, -0.05) is 0 Å². The number of aliphatic hydroxyl groups is 2. The molecule has 0 aliphatic rings. The molecule has 0 radical (unpaired) electrons. The summed E-state index contributed by atoms with van der Waals surface area (Å²) in [6.45, 7) is 1.35. The molecule has 11 heavy (non-hydrogen) atoms. The molecule has 0 amide bonds. The molecule has 0 heterocycles. The monoisotopic (exact) mass is 161 g/mol. The zero-order chi connectivity index (χ0) is 8.91. The smallest absolute Gasteiger partial charge is 0.121 e. The lowest BCUT2D eigenvalue weighted by Gasteiger charge is -2.23. The van der Waals surface area contributed by atoms with E-state index < -0.39 is 11.6 Å². The maximum Gasteiger partial charge on any atom is 0.121 e. The minimum absolute atomic E-state index is 0.198. The Labute approximate surface area is 66.0 Å². The van der Waals surface area contributed by atoms with Crippen LogP contribution in [0.1, 0.15) is 19.8 Å². The molecule has 0 rings (SSSR count). The second-order valence-electron chi connectivity index (χ2n) is 3.07. The SMILES string of the molecule is CC(N)(CC=O)CC(O)CO. The van der Waals surface area contributed by atoms with Crippen molar-refractivity contribution in [3.8, 4) is 0 Å². The number of aliphatic hydroxyl groups excluding tert-OH is 2. The highest BCUT2D eigenvalue weighted by atomic mass is 16.3. The van der Waals surface area contributed by atoms with E-state index in [9.17, 15) is 4.79 Å². The van der Waals surface area contributed by atoms with Crippen LogP contribution in [0.4, 0.5) is 0 Å². The van der Waals surface area contributed by atoms with Gasteiger partial charge in [-0.05, 0) is 13.3 Å². The van der Waals surface area contributed by atoms with E-state index in [0.717, 1.165) is 0 Å². The van der Waals surface area contributed by atoms with Crippen LogP contribution in [0, 0.1) is 0 Å². The average molecular weight is 161 g/mol. The Bertz CT molecular complexity index is 125. The quantitative estimate of drug-likeness (QED) is 0.453. The Morgan fingerprint density at radius 2 is 2.27 bits per heavy atom. The Balaban J connectivity index is 3.79. The molecule has 0 aromatic heterocycles. The largest absolute Gasteiger partial charge is 0.394 e. The Morgan fingerprint density at radius 3 is 2.64 bits per heavy atom. The first-order valence-corrected chi connectivity index (χ1v) is 3.53. The third-order valence-electron chi connectivity index (χ3n) is 1.46. The fraction of sp³-hybridized carbons (Fsp3) is 0.857. The molecule has 0 bridgehead atoms. The molecule has 0 fully saturated rings. The molecular formula is C7H15NO3. The topological polar surface area (TPSA) is 83.6 Å². The van der Waals surface area contributed by atoms with E-state index in [-0.39, 0.29) is 19.4 Å². The summed E-state index contributed by atoms with van der Waals surface area (Å²) in [6, 6.07) is 0. The summed E-state index contributed by atoms with van der Waals surface area (Å²) in [5.74, 6) is 0. The number of nitrogens with two attached hydrogens (primary N) is 1. The predicted molar refractivity (Wildman–Crippen MR) is 41.0 cm³/mol. The molecule has 2 unspecified atom stereocenters. The van der Waals surface area contributed by atoms with Crippen LogP contribution in [0.25, 0.3) is 0 Å².